The molecule has 0 bridgehead atoms. The largest absolute Gasteiger partial charge is 0.497 e. The van der Waals surface area contributed by atoms with Gasteiger partial charge in [-0.05, 0) is 60.0 Å². The highest BCUT2D eigenvalue weighted by Gasteiger charge is 2.33. The molecule has 3 aromatic carbocycles. The van der Waals surface area contributed by atoms with Gasteiger partial charge in [-0.3, -0.25) is 14.5 Å². The maximum absolute atomic E-state index is 13.1. The Kier molecular flexibility index (Phi) is 8.47. The SMILES string of the molecule is CCc1ccc(N2C(=O)/C(=C/c3ccc(OCC(=O)Nc4cccc(OC)c4)c(OC)c3)SC2=S)cc1. The number of hydrogen-bond acceptors (Lipinski definition) is 7. The number of amides is 2. The summed E-state index contributed by atoms with van der Waals surface area (Å²) in [6.07, 6.45) is 2.69. The number of carbonyl (C=O) groups excluding carboxylic acids is 2. The predicted octanol–water partition coefficient (Wildman–Crippen LogP) is 5.69. The zero-order valence-electron chi connectivity index (χ0n) is 20.6. The number of carbonyl (C=O) groups is 2. The van der Waals surface area contributed by atoms with Crippen LogP contribution < -0.4 is 24.4 Å². The Bertz CT molecular complexity index is 1350. The summed E-state index contributed by atoms with van der Waals surface area (Å²) in [4.78, 5) is 27.5. The Morgan fingerprint density at radius 1 is 1.03 bits per heavy atom. The van der Waals surface area contributed by atoms with Crippen LogP contribution >= 0.6 is 24.0 Å². The zero-order chi connectivity index (χ0) is 26.4. The summed E-state index contributed by atoms with van der Waals surface area (Å²) in [6.45, 7) is 1.88. The third-order valence-electron chi connectivity index (χ3n) is 5.59. The van der Waals surface area contributed by atoms with E-state index in [1.54, 1.807) is 60.6 Å². The number of thioether (sulfide) groups is 1. The number of thiocarbonyl (C=S) groups is 1. The van der Waals surface area contributed by atoms with Crippen LogP contribution in [-0.4, -0.2) is 37.0 Å². The molecular formula is C28H26N2O5S2. The van der Waals surface area contributed by atoms with Gasteiger partial charge in [-0.25, -0.2) is 0 Å². The van der Waals surface area contributed by atoms with Crippen molar-refractivity contribution in [2.75, 3.05) is 31.0 Å². The van der Waals surface area contributed by atoms with Crippen LogP contribution in [0.1, 0.15) is 18.1 Å². The Hall–Kier alpha value is -3.82. The van der Waals surface area contributed by atoms with Gasteiger partial charge in [0.05, 0.1) is 24.8 Å². The molecule has 0 saturated carbocycles. The van der Waals surface area contributed by atoms with Crippen molar-refractivity contribution in [3.63, 3.8) is 0 Å². The van der Waals surface area contributed by atoms with E-state index in [0.717, 1.165) is 17.7 Å². The highest BCUT2D eigenvalue weighted by molar-refractivity contribution is 8.27. The highest BCUT2D eigenvalue weighted by atomic mass is 32.2. The molecule has 1 heterocycles. The van der Waals surface area contributed by atoms with Gasteiger partial charge in [-0.2, -0.15) is 0 Å². The molecule has 1 N–H and O–H groups in total. The van der Waals surface area contributed by atoms with Crippen LogP contribution in [0, 0.1) is 0 Å². The van der Waals surface area contributed by atoms with Gasteiger partial charge in [0.2, 0.25) is 0 Å². The van der Waals surface area contributed by atoms with Crippen molar-refractivity contribution in [2.45, 2.75) is 13.3 Å². The first kappa shape index (κ1) is 26.2. The van der Waals surface area contributed by atoms with E-state index >= 15 is 0 Å². The van der Waals surface area contributed by atoms with Gasteiger partial charge in [-0.1, -0.05) is 55.2 Å². The van der Waals surface area contributed by atoms with E-state index in [1.807, 2.05) is 24.3 Å². The third kappa shape index (κ3) is 6.31. The minimum absolute atomic E-state index is 0.173. The van der Waals surface area contributed by atoms with Crippen molar-refractivity contribution < 1.29 is 23.8 Å². The monoisotopic (exact) mass is 534 g/mol. The van der Waals surface area contributed by atoms with Crippen molar-refractivity contribution in [1.29, 1.82) is 0 Å². The van der Waals surface area contributed by atoms with Crippen LogP contribution in [0.3, 0.4) is 0 Å². The second kappa shape index (κ2) is 11.9. The summed E-state index contributed by atoms with van der Waals surface area (Å²) in [6, 6.07) is 20.1. The van der Waals surface area contributed by atoms with Gasteiger partial charge in [0.1, 0.15) is 5.75 Å². The van der Waals surface area contributed by atoms with Crippen molar-refractivity contribution >= 4 is 57.6 Å². The summed E-state index contributed by atoms with van der Waals surface area (Å²) in [7, 11) is 3.08. The molecule has 0 spiro atoms. The molecule has 0 unspecified atom stereocenters. The van der Waals surface area contributed by atoms with Gasteiger partial charge >= 0.3 is 0 Å². The van der Waals surface area contributed by atoms with E-state index < -0.39 is 0 Å². The fraction of sp³-hybridized carbons (Fsp3) is 0.179. The normalized spacial score (nSPS) is 14.1. The van der Waals surface area contributed by atoms with Crippen molar-refractivity contribution in [2.24, 2.45) is 0 Å². The molecule has 0 atom stereocenters. The minimum Gasteiger partial charge on any atom is -0.497 e. The number of nitrogens with one attached hydrogen (secondary N) is 1. The lowest BCUT2D eigenvalue weighted by Gasteiger charge is -2.14. The van der Waals surface area contributed by atoms with Crippen LogP contribution in [0.2, 0.25) is 0 Å². The molecule has 9 heteroatoms. The van der Waals surface area contributed by atoms with Crippen LogP contribution in [0.25, 0.3) is 6.08 Å². The maximum Gasteiger partial charge on any atom is 0.270 e. The lowest BCUT2D eigenvalue weighted by atomic mass is 10.1. The van der Waals surface area contributed by atoms with Gasteiger partial charge in [0.15, 0.2) is 22.4 Å². The Morgan fingerprint density at radius 2 is 1.81 bits per heavy atom. The van der Waals surface area contributed by atoms with Crippen LogP contribution in [0.5, 0.6) is 17.2 Å². The van der Waals surface area contributed by atoms with E-state index in [-0.39, 0.29) is 18.4 Å². The summed E-state index contributed by atoms with van der Waals surface area (Å²) >= 11 is 6.73. The molecule has 0 aliphatic carbocycles. The number of hydrogen-bond donors (Lipinski definition) is 1. The lowest BCUT2D eigenvalue weighted by Crippen LogP contribution is -2.27. The molecule has 7 nitrogen and oxygen atoms in total. The van der Waals surface area contributed by atoms with E-state index in [2.05, 4.69) is 12.2 Å². The average Bonchev–Trinajstić information content (AvgIpc) is 3.20. The number of rotatable bonds is 9. The van der Waals surface area contributed by atoms with E-state index in [0.29, 0.717) is 32.2 Å². The first-order chi connectivity index (χ1) is 17.9. The van der Waals surface area contributed by atoms with Crippen LogP contribution in [-0.2, 0) is 16.0 Å². The summed E-state index contributed by atoms with van der Waals surface area (Å²) in [5.41, 5.74) is 3.29. The van der Waals surface area contributed by atoms with E-state index in [9.17, 15) is 9.59 Å². The van der Waals surface area contributed by atoms with Crippen LogP contribution in [0.4, 0.5) is 11.4 Å². The van der Waals surface area contributed by atoms with Gasteiger partial charge in [-0.15, -0.1) is 0 Å². The van der Waals surface area contributed by atoms with E-state index in [4.69, 9.17) is 26.4 Å². The molecule has 1 saturated heterocycles. The standard InChI is InChI=1S/C28H26N2O5S2/c1-4-18-8-11-21(12-9-18)30-27(32)25(37-28(30)36)15-19-10-13-23(24(14-19)34-3)35-17-26(31)29-20-6-5-7-22(16-20)33-2/h5-16H,4,17H2,1-3H3,(H,29,31)/b25-15-. The Balaban J connectivity index is 1.43. The second-order valence-corrected chi connectivity index (χ2v) is 9.69. The molecule has 0 radical (unpaired) electrons. The smallest absolute Gasteiger partial charge is 0.270 e. The summed E-state index contributed by atoms with van der Waals surface area (Å²) < 4.78 is 16.8. The molecule has 2 amide bonds. The molecule has 1 aliphatic rings. The second-order valence-electron chi connectivity index (χ2n) is 8.02. The fourth-order valence-corrected chi connectivity index (χ4v) is 4.96. The number of methoxy groups -OCH3 is 2. The fourth-order valence-electron chi connectivity index (χ4n) is 3.66. The lowest BCUT2D eigenvalue weighted by molar-refractivity contribution is -0.118. The third-order valence-corrected chi connectivity index (χ3v) is 6.90. The molecule has 1 fully saturated rings. The topological polar surface area (TPSA) is 77.1 Å². The molecule has 190 valence electrons. The number of nitrogens with zero attached hydrogens (tertiary/aromatic N) is 1. The first-order valence-electron chi connectivity index (χ1n) is 11.5. The maximum atomic E-state index is 13.1. The van der Waals surface area contributed by atoms with Crippen molar-refractivity contribution in [3.05, 3.63) is 82.8 Å². The van der Waals surface area contributed by atoms with Crippen molar-refractivity contribution in [1.82, 2.24) is 0 Å². The molecular weight excluding hydrogens is 508 g/mol. The zero-order valence-corrected chi connectivity index (χ0v) is 22.3. The number of ether oxygens (including phenoxy) is 3. The predicted molar refractivity (Wildman–Crippen MR) is 152 cm³/mol. The minimum atomic E-state index is -0.324. The number of benzene rings is 3. The number of anilines is 2. The Labute approximate surface area is 225 Å². The molecule has 4 rings (SSSR count). The first-order valence-corrected chi connectivity index (χ1v) is 12.8. The molecule has 3 aromatic rings. The van der Waals surface area contributed by atoms with Gasteiger partial charge in [0, 0.05) is 11.8 Å². The highest BCUT2D eigenvalue weighted by Crippen LogP contribution is 2.37. The Morgan fingerprint density at radius 3 is 2.51 bits per heavy atom. The van der Waals surface area contributed by atoms with Gasteiger partial charge < -0.3 is 19.5 Å². The molecule has 0 aromatic heterocycles. The summed E-state index contributed by atoms with van der Waals surface area (Å²) in [5.74, 6) is 0.989. The quantitative estimate of drug-likeness (QED) is 0.279. The molecule has 1 aliphatic heterocycles. The van der Waals surface area contributed by atoms with Gasteiger partial charge in [0.25, 0.3) is 11.8 Å². The van der Waals surface area contributed by atoms with E-state index in [1.165, 1.54) is 24.4 Å². The van der Waals surface area contributed by atoms with Crippen molar-refractivity contribution in [3.8, 4) is 17.2 Å². The molecule has 37 heavy (non-hydrogen) atoms. The number of aryl methyl sites for hydroxylation is 1. The van der Waals surface area contributed by atoms with Crippen LogP contribution in [0.15, 0.2) is 71.6 Å². The summed E-state index contributed by atoms with van der Waals surface area (Å²) in [5, 5.41) is 2.77. The average molecular weight is 535 g/mol.